The lowest BCUT2D eigenvalue weighted by molar-refractivity contribution is -0.132. The monoisotopic (exact) mass is 338 g/mol. The Balaban J connectivity index is 1.70. The molecule has 0 saturated carbocycles. The highest BCUT2D eigenvalue weighted by molar-refractivity contribution is 5.76. The van der Waals surface area contributed by atoms with Gasteiger partial charge in [0.05, 0.1) is 5.69 Å². The predicted molar refractivity (Wildman–Crippen MR) is 100.0 cm³/mol. The van der Waals surface area contributed by atoms with Gasteiger partial charge in [-0.2, -0.15) is 0 Å². The quantitative estimate of drug-likeness (QED) is 0.894. The van der Waals surface area contributed by atoms with Crippen molar-refractivity contribution >= 4 is 17.5 Å². The van der Waals surface area contributed by atoms with Crippen molar-refractivity contribution in [3.05, 3.63) is 47.8 Å². The van der Waals surface area contributed by atoms with E-state index in [9.17, 15) is 4.79 Å². The van der Waals surface area contributed by atoms with Gasteiger partial charge in [-0.25, -0.2) is 9.97 Å². The van der Waals surface area contributed by atoms with Crippen molar-refractivity contribution in [3.8, 4) is 0 Å². The smallest absolute Gasteiger partial charge is 0.227 e. The number of nitrogens with one attached hydrogen (secondary N) is 1. The van der Waals surface area contributed by atoms with Crippen molar-refractivity contribution in [1.29, 1.82) is 0 Å². The van der Waals surface area contributed by atoms with Crippen LogP contribution in [0.4, 0.5) is 11.6 Å². The van der Waals surface area contributed by atoms with Crippen LogP contribution >= 0.6 is 0 Å². The van der Waals surface area contributed by atoms with Crippen molar-refractivity contribution in [2.75, 3.05) is 18.4 Å². The molecule has 132 valence electrons. The average molecular weight is 338 g/mol. The molecule has 1 aromatic carbocycles. The van der Waals surface area contributed by atoms with Gasteiger partial charge >= 0.3 is 0 Å². The lowest BCUT2D eigenvalue weighted by Gasteiger charge is -2.32. The summed E-state index contributed by atoms with van der Waals surface area (Å²) in [5, 5.41) is 3.26. The molecule has 0 spiro atoms. The molecule has 0 bridgehead atoms. The number of nitrogens with zero attached hydrogens (tertiary/aromatic N) is 3. The number of hydrogen-bond acceptors (Lipinski definition) is 4. The van der Waals surface area contributed by atoms with Gasteiger partial charge in [0, 0.05) is 37.3 Å². The molecule has 1 atom stereocenters. The standard InChI is InChI=1S/C20H26N4O/c1-3-5-19(25)24-13-4-6-16(14-24)18-11-12-21-20(23-18)22-17-9-7-15(2)8-10-17/h7-12,16H,3-6,13-14H2,1-2H3,(H,21,22,23). The normalized spacial score (nSPS) is 17.4. The molecule has 5 heteroatoms. The van der Waals surface area contributed by atoms with Crippen LogP contribution < -0.4 is 5.32 Å². The molecule has 0 radical (unpaired) electrons. The van der Waals surface area contributed by atoms with E-state index in [-0.39, 0.29) is 11.8 Å². The van der Waals surface area contributed by atoms with Gasteiger partial charge in [0.15, 0.2) is 0 Å². The van der Waals surface area contributed by atoms with Crippen LogP contribution in [-0.4, -0.2) is 33.9 Å². The van der Waals surface area contributed by atoms with Crippen LogP contribution in [0, 0.1) is 6.92 Å². The molecule has 1 aliphatic heterocycles. The molecule has 1 aliphatic rings. The number of carbonyl (C=O) groups excluding carboxylic acids is 1. The molecule has 25 heavy (non-hydrogen) atoms. The summed E-state index contributed by atoms with van der Waals surface area (Å²) in [5.41, 5.74) is 3.21. The van der Waals surface area contributed by atoms with Crippen molar-refractivity contribution < 1.29 is 4.79 Å². The first-order valence-electron chi connectivity index (χ1n) is 9.10. The Morgan fingerprint density at radius 1 is 1.28 bits per heavy atom. The average Bonchev–Trinajstić information content (AvgIpc) is 2.64. The number of rotatable bonds is 5. The first kappa shape index (κ1) is 17.4. The van der Waals surface area contributed by atoms with Gasteiger partial charge in [-0.15, -0.1) is 0 Å². The Morgan fingerprint density at radius 3 is 2.84 bits per heavy atom. The molecule has 2 aromatic rings. The van der Waals surface area contributed by atoms with Gasteiger partial charge < -0.3 is 10.2 Å². The van der Waals surface area contributed by atoms with E-state index in [0.29, 0.717) is 12.4 Å². The van der Waals surface area contributed by atoms with Crippen LogP contribution in [0.25, 0.3) is 0 Å². The molecule has 1 saturated heterocycles. The number of aromatic nitrogens is 2. The molecule has 1 unspecified atom stereocenters. The molecular formula is C20H26N4O. The largest absolute Gasteiger partial charge is 0.342 e. The second-order valence-electron chi connectivity index (χ2n) is 6.73. The maximum absolute atomic E-state index is 12.2. The lowest BCUT2D eigenvalue weighted by atomic mass is 9.94. The molecule has 3 rings (SSSR count). The van der Waals surface area contributed by atoms with Crippen LogP contribution in [0.3, 0.4) is 0 Å². The van der Waals surface area contributed by atoms with Crippen LogP contribution in [-0.2, 0) is 4.79 Å². The highest BCUT2D eigenvalue weighted by atomic mass is 16.2. The number of likely N-dealkylation sites (tertiary alicyclic amines) is 1. The number of piperidine rings is 1. The summed E-state index contributed by atoms with van der Waals surface area (Å²) in [6, 6.07) is 10.1. The molecule has 2 heterocycles. The zero-order valence-corrected chi connectivity index (χ0v) is 15.0. The SMILES string of the molecule is CCCC(=O)N1CCCC(c2ccnc(Nc3ccc(C)cc3)n2)C1. The summed E-state index contributed by atoms with van der Waals surface area (Å²) in [4.78, 5) is 23.2. The van der Waals surface area contributed by atoms with Gasteiger partial charge in [-0.1, -0.05) is 24.6 Å². The fraction of sp³-hybridized carbons (Fsp3) is 0.450. The van der Waals surface area contributed by atoms with E-state index in [1.54, 1.807) is 6.20 Å². The Bertz CT molecular complexity index is 714. The first-order chi connectivity index (χ1) is 12.2. The minimum atomic E-state index is 0.263. The minimum Gasteiger partial charge on any atom is -0.342 e. The highest BCUT2D eigenvalue weighted by Gasteiger charge is 2.25. The van der Waals surface area contributed by atoms with Crippen LogP contribution in [0.1, 0.15) is 49.8 Å². The zero-order chi connectivity index (χ0) is 17.6. The Morgan fingerprint density at radius 2 is 2.08 bits per heavy atom. The predicted octanol–water partition coefficient (Wildman–Crippen LogP) is 4.03. The molecule has 5 nitrogen and oxygen atoms in total. The maximum Gasteiger partial charge on any atom is 0.227 e. The fourth-order valence-electron chi connectivity index (χ4n) is 3.24. The van der Waals surface area contributed by atoms with E-state index in [1.807, 2.05) is 30.0 Å². The summed E-state index contributed by atoms with van der Waals surface area (Å²) in [5.74, 6) is 1.16. The van der Waals surface area contributed by atoms with Gasteiger partial charge in [0.25, 0.3) is 0 Å². The van der Waals surface area contributed by atoms with Crippen molar-refractivity contribution in [3.63, 3.8) is 0 Å². The second kappa shape index (κ2) is 8.10. The minimum absolute atomic E-state index is 0.263. The Labute approximate surface area is 149 Å². The summed E-state index contributed by atoms with van der Waals surface area (Å²) in [6.07, 6.45) is 5.43. The molecule has 1 fully saturated rings. The molecule has 1 aromatic heterocycles. The third kappa shape index (κ3) is 4.56. The number of hydrogen-bond donors (Lipinski definition) is 1. The van der Waals surface area contributed by atoms with E-state index < -0.39 is 0 Å². The Kier molecular flexibility index (Phi) is 5.64. The summed E-state index contributed by atoms with van der Waals surface area (Å²) >= 11 is 0. The van der Waals surface area contributed by atoms with Crippen LogP contribution in [0.2, 0.25) is 0 Å². The van der Waals surface area contributed by atoms with E-state index in [0.717, 1.165) is 43.7 Å². The maximum atomic E-state index is 12.2. The first-order valence-corrected chi connectivity index (χ1v) is 9.10. The summed E-state index contributed by atoms with van der Waals surface area (Å²) in [6.45, 7) is 5.75. The number of aryl methyl sites for hydroxylation is 1. The molecule has 0 aliphatic carbocycles. The fourth-order valence-corrected chi connectivity index (χ4v) is 3.24. The second-order valence-corrected chi connectivity index (χ2v) is 6.73. The topological polar surface area (TPSA) is 58.1 Å². The van der Waals surface area contributed by atoms with Gasteiger partial charge in [0.1, 0.15) is 0 Å². The third-order valence-corrected chi connectivity index (χ3v) is 4.64. The van der Waals surface area contributed by atoms with Crippen molar-refractivity contribution in [1.82, 2.24) is 14.9 Å². The molecular weight excluding hydrogens is 312 g/mol. The third-order valence-electron chi connectivity index (χ3n) is 4.64. The zero-order valence-electron chi connectivity index (χ0n) is 15.0. The van der Waals surface area contributed by atoms with E-state index in [4.69, 9.17) is 4.98 Å². The molecule has 1 amide bonds. The number of benzene rings is 1. The van der Waals surface area contributed by atoms with Gasteiger partial charge in [-0.05, 0) is 44.4 Å². The summed E-state index contributed by atoms with van der Waals surface area (Å²) in [7, 11) is 0. The van der Waals surface area contributed by atoms with Gasteiger partial charge in [0.2, 0.25) is 11.9 Å². The van der Waals surface area contributed by atoms with Gasteiger partial charge in [-0.3, -0.25) is 4.79 Å². The highest BCUT2D eigenvalue weighted by Crippen LogP contribution is 2.27. The van der Waals surface area contributed by atoms with Crippen LogP contribution in [0.5, 0.6) is 0 Å². The van der Waals surface area contributed by atoms with E-state index in [1.165, 1.54) is 5.56 Å². The number of amides is 1. The van der Waals surface area contributed by atoms with Crippen LogP contribution in [0.15, 0.2) is 36.5 Å². The van der Waals surface area contributed by atoms with E-state index in [2.05, 4.69) is 29.4 Å². The lowest BCUT2D eigenvalue weighted by Crippen LogP contribution is -2.39. The number of anilines is 2. The molecule has 1 N–H and O–H groups in total. The van der Waals surface area contributed by atoms with Crippen molar-refractivity contribution in [2.45, 2.75) is 45.4 Å². The Hall–Kier alpha value is -2.43. The van der Waals surface area contributed by atoms with Crippen molar-refractivity contribution in [2.24, 2.45) is 0 Å². The summed E-state index contributed by atoms with van der Waals surface area (Å²) < 4.78 is 0. The van der Waals surface area contributed by atoms with E-state index >= 15 is 0 Å². The number of carbonyl (C=O) groups is 1.